The molecule has 1 aromatic heterocycles. The smallest absolute Gasteiger partial charge is 0.315 e. The molecule has 0 radical (unpaired) electrons. The van der Waals surface area contributed by atoms with Gasteiger partial charge in [-0.2, -0.15) is 11.8 Å². The molecule has 6 nitrogen and oxygen atoms in total. The highest BCUT2D eigenvalue weighted by Gasteiger charge is 2.42. The number of hydrogen-bond donors (Lipinski definition) is 3. The Bertz CT molecular complexity index is 641. The molecular weight excluding hydrogens is 356 g/mol. The molecule has 0 spiro atoms. The molecule has 0 saturated carbocycles. The largest absolute Gasteiger partial charge is 0.332 e. The molecule has 2 fully saturated rings. The first-order chi connectivity index (χ1) is 11.8. The second-order valence-corrected chi connectivity index (χ2v) is 9.83. The number of urea groups is 1. The van der Waals surface area contributed by atoms with Crippen LogP contribution >= 0.6 is 23.1 Å². The number of anilines is 1. The maximum atomic E-state index is 12.1. The molecule has 3 rings (SSSR count). The van der Waals surface area contributed by atoms with Crippen molar-refractivity contribution in [2.24, 2.45) is 0 Å². The lowest BCUT2D eigenvalue weighted by atomic mass is 9.93. The summed E-state index contributed by atoms with van der Waals surface area (Å²) < 4.78 is 0. The van der Waals surface area contributed by atoms with Gasteiger partial charge in [0, 0.05) is 28.2 Å². The van der Waals surface area contributed by atoms with Gasteiger partial charge in [0.2, 0.25) is 5.91 Å². The van der Waals surface area contributed by atoms with E-state index in [9.17, 15) is 9.59 Å². The number of aromatic nitrogens is 1. The minimum atomic E-state index is -0.0437. The summed E-state index contributed by atoms with van der Waals surface area (Å²) in [6.07, 6.45) is 3.40. The first-order valence-electron chi connectivity index (χ1n) is 8.77. The van der Waals surface area contributed by atoms with Crippen molar-refractivity contribution in [3.63, 3.8) is 0 Å². The Kier molecular flexibility index (Phi) is 5.58. The summed E-state index contributed by atoms with van der Waals surface area (Å²) in [4.78, 5) is 27.9. The molecule has 2 aliphatic rings. The van der Waals surface area contributed by atoms with Gasteiger partial charge in [-0.15, -0.1) is 11.3 Å². The van der Waals surface area contributed by atoms with E-state index in [1.165, 1.54) is 11.3 Å². The van der Waals surface area contributed by atoms with Crippen molar-refractivity contribution in [1.29, 1.82) is 0 Å². The minimum absolute atomic E-state index is 0.000794. The fourth-order valence-electron chi connectivity index (χ4n) is 3.13. The average Bonchev–Trinajstić information content (AvgIpc) is 3.19. The summed E-state index contributed by atoms with van der Waals surface area (Å²) >= 11 is 3.40. The highest BCUT2D eigenvalue weighted by Crippen LogP contribution is 2.33. The molecule has 3 heterocycles. The predicted octanol–water partition coefficient (Wildman–Crippen LogP) is 3.10. The molecule has 25 heavy (non-hydrogen) atoms. The van der Waals surface area contributed by atoms with Gasteiger partial charge in [0.15, 0.2) is 5.13 Å². The summed E-state index contributed by atoms with van der Waals surface area (Å²) in [6, 6.07) is 0.475. The number of amides is 3. The van der Waals surface area contributed by atoms with Gasteiger partial charge in [-0.25, -0.2) is 9.78 Å². The third-order valence-corrected chi connectivity index (χ3v) is 6.87. The van der Waals surface area contributed by atoms with Crippen LogP contribution in [0.25, 0.3) is 0 Å². The molecule has 3 atom stereocenters. The zero-order valence-corrected chi connectivity index (χ0v) is 16.6. The maximum absolute atomic E-state index is 12.1. The van der Waals surface area contributed by atoms with Gasteiger partial charge in [-0.05, 0) is 12.8 Å². The molecule has 0 unspecified atom stereocenters. The van der Waals surface area contributed by atoms with Crippen molar-refractivity contribution in [2.75, 3.05) is 11.1 Å². The van der Waals surface area contributed by atoms with E-state index < -0.39 is 0 Å². The molecular formula is C17H26N4O2S2. The molecule has 0 aliphatic carbocycles. The molecule has 3 N–H and O–H groups in total. The fraction of sp³-hybridized carbons (Fsp3) is 0.706. The van der Waals surface area contributed by atoms with Crippen LogP contribution in [-0.4, -0.2) is 40.0 Å². The predicted molar refractivity (Wildman–Crippen MR) is 103 cm³/mol. The van der Waals surface area contributed by atoms with Crippen molar-refractivity contribution in [2.45, 2.75) is 69.2 Å². The van der Waals surface area contributed by atoms with E-state index in [-0.39, 0.29) is 29.4 Å². The van der Waals surface area contributed by atoms with Crippen molar-refractivity contribution in [3.05, 3.63) is 11.1 Å². The summed E-state index contributed by atoms with van der Waals surface area (Å²) in [5.41, 5.74) is 1.01. The normalized spacial score (nSPS) is 25.4. The van der Waals surface area contributed by atoms with Crippen LogP contribution in [0.2, 0.25) is 0 Å². The quantitative estimate of drug-likeness (QED) is 0.521. The Morgan fingerprint density at radius 1 is 1.36 bits per heavy atom. The van der Waals surface area contributed by atoms with Crippen molar-refractivity contribution in [1.82, 2.24) is 15.6 Å². The number of rotatable bonds is 6. The van der Waals surface area contributed by atoms with Crippen LogP contribution in [0.4, 0.5) is 9.93 Å². The van der Waals surface area contributed by atoms with Crippen LogP contribution in [0, 0.1) is 0 Å². The molecule has 8 heteroatoms. The van der Waals surface area contributed by atoms with Crippen molar-refractivity contribution < 1.29 is 9.59 Å². The fourth-order valence-corrected chi connectivity index (χ4v) is 5.63. The maximum Gasteiger partial charge on any atom is 0.315 e. The summed E-state index contributed by atoms with van der Waals surface area (Å²) in [6.45, 7) is 6.34. The van der Waals surface area contributed by atoms with E-state index in [2.05, 4.69) is 41.7 Å². The number of nitrogens with one attached hydrogen (secondary N) is 3. The number of hydrogen-bond acceptors (Lipinski definition) is 5. The van der Waals surface area contributed by atoms with Crippen LogP contribution in [0.3, 0.4) is 0 Å². The summed E-state index contributed by atoms with van der Waals surface area (Å²) in [7, 11) is 0. The molecule has 1 aromatic rings. The summed E-state index contributed by atoms with van der Waals surface area (Å²) in [5, 5.41) is 12.0. The Labute approximate surface area is 156 Å². The van der Waals surface area contributed by atoms with Crippen LogP contribution in [-0.2, 0) is 10.2 Å². The van der Waals surface area contributed by atoms with Gasteiger partial charge < -0.3 is 16.0 Å². The molecule has 0 bridgehead atoms. The zero-order chi connectivity index (χ0) is 18.0. The molecule has 0 aromatic carbocycles. The van der Waals surface area contributed by atoms with E-state index in [0.29, 0.717) is 16.8 Å². The number of carbonyl (C=O) groups is 2. The Morgan fingerprint density at radius 3 is 2.88 bits per heavy atom. The average molecular weight is 383 g/mol. The van der Waals surface area contributed by atoms with Gasteiger partial charge in [-0.3, -0.25) is 4.79 Å². The molecule has 3 amide bonds. The van der Waals surface area contributed by atoms with Crippen molar-refractivity contribution in [3.8, 4) is 0 Å². The van der Waals surface area contributed by atoms with E-state index in [1.54, 1.807) is 0 Å². The highest BCUT2D eigenvalue weighted by molar-refractivity contribution is 8.00. The number of thiazole rings is 1. The standard InChI is InChI=1S/C17H26N4O2S2/c1-17(2,3)12-9-25-16(19-12)20-13(22)7-5-4-6-11-14-10(8-24-11)18-15(23)21-14/h9-11,14H,4-8H2,1-3H3,(H2,18,21,23)(H,19,20,22)/t10-,11+,14-/m1/s1. The van der Waals surface area contributed by atoms with Gasteiger partial charge >= 0.3 is 6.03 Å². The third kappa shape index (κ3) is 4.67. The lowest BCUT2D eigenvalue weighted by Crippen LogP contribution is -2.36. The zero-order valence-electron chi connectivity index (χ0n) is 14.9. The van der Waals surface area contributed by atoms with Crippen LogP contribution in [0.5, 0.6) is 0 Å². The Balaban J connectivity index is 1.36. The van der Waals surface area contributed by atoms with Gasteiger partial charge in [0.1, 0.15) is 0 Å². The van der Waals surface area contributed by atoms with Crippen LogP contribution < -0.4 is 16.0 Å². The van der Waals surface area contributed by atoms with Gasteiger partial charge in [-0.1, -0.05) is 27.2 Å². The molecule has 2 saturated heterocycles. The number of nitrogens with zero attached hydrogens (tertiary/aromatic N) is 1. The molecule has 138 valence electrons. The number of unbranched alkanes of at least 4 members (excludes halogenated alkanes) is 1. The monoisotopic (exact) mass is 382 g/mol. The first kappa shape index (κ1) is 18.5. The van der Waals surface area contributed by atoms with Gasteiger partial charge in [0.25, 0.3) is 0 Å². The van der Waals surface area contributed by atoms with Gasteiger partial charge in [0.05, 0.1) is 17.8 Å². The number of thioether (sulfide) groups is 1. The van der Waals surface area contributed by atoms with E-state index in [4.69, 9.17) is 0 Å². The number of fused-ring (bicyclic) bond motifs is 1. The third-order valence-electron chi connectivity index (χ3n) is 4.60. The lowest BCUT2D eigenvalue weighted by molar-refractivity contribution is -0.116. The second-order valence-electron chi connectivity index (χ2n) is 7.70. The van der Waals surface area contributed by atoms with E-state index in [1.807, 2.05) is 17.1 Å². The highest BCUT2D eigenvalue weighted by atomic mass is 32.2. The SMILES string of the molecule is CC(C)(C)c1csc(NC(=O)CCCC[C@@H]2SC[C@H]3NC(=O)N[C@@H]23)n1. The Hall–Kier alpha value is -1.28. The Morgan fingerprint density at radius 2 is 2.16 bits per heavy atom. The minimum Gasteiger partial charge on any atom is -0.332 e. The number of carbonyl (C=O) groups excluding carboxylic acids is 2. The topological polar surface area (TPSA) is 83.1 Å². The van der Waals surface area contributed by atoms with E-state index >= 15 is 0 Å². The van der Waals surface area contributed by atoms with E-state index in [0.717, 1.165) is 30.7 Å². The summed E-state index contributed by atoms with van der Waals surface area (Å²) in [5.74, 6) is 1.01. The van der Waals surface area contributed by atoms with Crippen molar-refractivity contribution >= 4 is 40.2 Å². The second kappa shape index (κ2) is 7.53. The first-order valence-corrected chi connectivity index (χ1v) is 10.7. The molecule has 2 aliphatic heterocycles. The van der Waals surface area contributed by atoms with Crippen LogP contribution in [0.15, 0.2) is 5.38 Å². The van der Waals surface area contributed by atoms with Crippen LogP contribution in [0.1, 0.15) is 52.1 Å². The lowest BCUT2D eigenvalue weighted by Gasteiger charge is -2.16.